The highest BCUT2D eigenvalue weighted by atomic mass is 127. The van der Waals surface area contributed by atoms with Crippen LogP contribution in [0, 0.1) is 3.57 Å². The van der Waals surface area contributed by atoms with Crippen molar-refractivity contribution in [1.29, 1.82) is 0 Å². The summed E-state index contributed by atoms with van der Waals surface area (Å²) >= 11 is 2.18. The smallest absolute Gasteiger partial charge is 0.425 e. The third-order valence-electron chi connectivity index (χ3n) is 4.38. The Balaban J connectivity index is 2.12. The summed E-state index contributed by atoms with van der Waals surface area (Å²) in [5.74, 6) is 0.168. The molecular formula is C20H27IN4O4. The van der Waals surface area contributed by atoms with Crippen LogP contribution in [-0.2, 0) is 9.47 Å². The van der Waals surface area contributed by atoms with Crippen LogP contribution in [0.4, 0.5) is 15.4 Å². The molecule has 1 aliphatic rings. The second-order valence-corrected chi connectivity index (χ2v) is 10.3. The Morgan fingerprint density at radius 3 is 2.07 bits per heavy atom. The van der Waals surface area contributed by atoms with Crippen LogP contribution in [0.15, 0.2) is 12.5 Å². The first kappa shape index (κ1) is 21.8. The Kier molecular flexibility index (Phi) is 5.81. The van der Waals surface area contributed by atoms with Crippen molar-refractivity contribution >= 4 is 51.6 Å². The van der Waals surface area contributed by atoms with Gasteiger partial charge in [0.2, 0.25) is 0 Å². The minimum atomic E-state index is -0.834. The molecule has 3 rings (SSSR count). The second kappa shape index (κ2) is 7.73. The average molecular weight is 514 g/mol. The summed E-state index contributed by atoms with van der Waals surface area (Å²) in [7, 11) is 0. The van der Waals surface area contributed by atoms with Crippen molar-refractivity contribution < 1.29 is 19.1 Å². The fourth-order valence-corrected chi connectivity index (χ4v) is 3.78. The number of fused-ring (bicyclic) bond motifs is 1. The lowest BCUT2D eigenvalue weighted by Gasteiger charge is -2.29. The number of anilines is 1. The number of carbonyl (C=O) groups excluding carboxylic acids is 2. The van der Waals surface area contributed by atoms with E-state index in [4.69, 9.17) is 9.47 Å². The van der Waals surface area contributed by atoms with Crippen LogP contribution in [0.3, 0.4) is 0 Å². The first-order valence-corrected chi connectivity index (χ1v) is 10.7. The van der Waals surface area contributed by atoms with Gasteiger partial charge in [0, 0.05) is 15.8 Å². The van der Waals surface area contributed by atoms with Gasteiger partial charge in [-0.1, -0.05) is 0 Å². The maximum atomic E-state index is 13.0. The fraction of sp³-hybridized carbons (Fsp3) is 0.600. The van der Waals surface area contributed by atoms with Crippen molar-refractivity contribution in [3.05, 3.63) is 16.1 Å². The van der Waals surface area contributed by atoms with Crippen molar-refractivity contribution in [2.24, 2.45) is 0 Å². The van der Waals surface area contributed by atoms with E-state index >= 15 is 0 Å². The van der Waals surface area contributed by atoms with E-state index in [-0.39, 0.29) is 5.82 Å². The zero-order valence-corrected chi connectivity index (χ0v) is 19.8. The van der Waals surface area contributed by atoms with Crippen LogP contribution < -0.4 is 4.90 Å². The van der Waals surface area contributed by atoms with Crippen LogP contribution in [0.5, 0.6) is 0 Å². The largest absolute Gasteiger partial charge is 0.443 e. The summed E-state index contributed by atoms with van der Waals surface area (Å²) in [6.07, 6.45) is 5.04. The van der Waals surface area contributed by atoms with Gasteiger partial charge < -0.3 is 14.0 Å². The van der Waals surface area contributed by atoms with E-state index in [2.05, 4.69) is 37.1 Å². The van der Waals surface area contributed by atoms with Gasteiger partial charge in [0.05, 0.1) is 5.39 Å². The zero-order valence-electron chi connectivity index (χ0n) is 17.7. The van der Waals surface area contributed by atoms with Gasteiger partial charge in [0.15, 0.2) is 5.82 Å². The molecule has 0 aliphatic heterocycles. The molecule has 158 valence electrons. The Labute approximate surface area is 184 Å². The van der Waals surface area contributed by atoms with Crippen molar-refractivity contribution in [2.45, 2.75) is 78.0 Å². The third-order valence-corrected chi connectivity index (χ3v) is 5.19. The van der Waals surface area contributed by atoms with Gasteiger partial charge in [-0.05, 0) is 83.4 Å². The monoisotopic (exact) mass is 514 g/mol. The summed E-state index contributed by atoms with van der Waals surface area (Å²) in [5, 5.41) is 0.636. The summed E-state index contributed by atoms with van der Waals surface area (Å²) in [6, 6.07) is 0.375. The number of imide groups is 1. The summed E-state index contributed by atoms with van der Waals surface area (Å²) in [4.78, 5) is 35.5. The molecule has 8 nitrogen and oxygen atoms in total. The van der Waals surface area contributed by atoms with E-state index in [9.17, 15) is 9.59 Å². The number of aromatic nitrogens is 3. The molecule has 1 aliphatic carbocycles. The Morgan fingerprint density at radius 2 is 1.62 bits per heavy atom. The van der Waals surface area contributed by atoms with E-state index in [1.807, 2.05) is 6.20 Å². The van der Waals surface area contributed by atoms with Crippen LogP contribution in [0.1, 0.15) is 66.8 Å². The molecule has 29 heavy (non-hydrogen) atoms. The first-order chi connectivity index (χ1) is 13.4. The maximum absolute atomic E-state index is 13.0. The summed E-state index contributed by atoms with van der Waals surface area (Å²) < 4.78 is 13.9. The average Bonchev–Trinajstić information content (AvgIpc) is 2.80. The van der Waals surface area contributed by atoms with Gasteiger partial charge >= 0.3 is 12.2 Å². The zero-order chi connectivity index (χ0) is 21.6. The molecule has 0 aromatic carbocycles. The highest BCUT2D eigenvalue weighted by molar-refractivity contribution is 14.1. The number of hydrogen-bond acceptors (Lipinski definition) is 6. The number of nitrogens with zero attached hydrogens (tertiary/aromatic N) is 4. The molecule has 9 heteroatoms. The van der Waals surface area contributed by atoms with Gasteiger partial charge in [-0.25, -0.2) is 19.6 Å². The summed E-state index contributed by atoms with van der Waals surface area (Å²) in [6.45, 7) is 10.4. The number of ether oxygens (including phenoxy) is 2. The lowest BCUT2D eigenvalue weighted by atomic mass is 9.93. The van der Waals surface area contributed by atoms with Gasteiger partial charge in [-0.3, -0.25) is 0 Å². The van der Waals surface area contributed by atoms with Crippen molar-refractivity contribution in [3.63, 3.8) is 0 Å². The Bertz CT molecular complexity index is 910. The van der Waals surface area contributed by atoms with Crippen molar-refractivity contribution in [1.82, 2.24) is 14.5 Å². The molecular weight excluding hydrogens is 487 g/mol. The summed E-state index contributed by atoms with van der Waals surface area (Å²) in [5.41, 5.74) is -0.871. The van der Waals surface area contributed by atoms with Crippen LogP contribution in [0.2, 0.25) is 0 Å². The first-order valence-electron chi connectivity index (χ1n) is 9.64. The minimum absolute atomic E-state index is 0.168. The maximum Gasteiger partial charge on any atom is 0.425 e. The molecule has 0 bridgehead atoms. The standard InChI is InChI=1S/C20H27IN4O4/c1-19(2,3)28-17(26)25(18(27)29-20(4,5)6)16-14-13(21)10-24(12-8-7-9-12)15(14)22-11-23-16/h10-12H,7-9H2,1-6H3. The van der Waals surface area contributed by atoms with E-state index in [0.717, 1.165) is 21.3 Å². The quantitative estimate of drug-likeness (QED) is 0.497. The van der Waals surface area contributed by atoms with Crippen molar-refractivity contribution in [3.8, 4) is 0 Å². The van der Waals surface area contributed by atoms with Crippen LogP contribution in [-0.4, -0.2) is 37.9 Å². The molecule has 0 atom stereocenters. The SMILES string of the molecule is CC(C)(C)OC(=O)N(C(=O)OC(C)(C)C)c1ncnc2c1c(I)cn2C1CCC1. The molecule has 1 saturated carbocycles. The molecule has 1 fully saturated rings. The third kappa shape index (κ3) is 4.81. The molecule has 0 unspecified atom stereocenters. The lowest BCUT2D eigenvalue weighted by molar-refractivity contribution is 0.0429. The Morgan fingerprint density at radius 1 is 1.07 bits per heavy atom. The van der Waals surface area contributed by atoms with Gasteiger partial charge in [-0.2, -0.15) is 4.90 Å². The topological polar surface area (TPSA) is 86.6 Å². The molecule has 2 aromatic heterocycles. The molecule has 0 saturated heterocycles. The number of rotatable bonds is 2. The number of carbonyl (C=O) groups is 2. The van der Waals surface area contributed by atoms with Crippen LogP contribution in [0.25, 0.3) is 11.0 Å². The molecule has 0 spiro atoms. The van der Waals surface area contributed by atoms with E-state index in [1.165, 1.54) is 12.7 Å². The molecule has 0 radical (unpaired) electrons. The van der Waals surface area contributed by atoms with E-state index < -0.39 is 23.4 Å². The predicted molar refractivity (Wildman–Crippen MR) is 118 cm³/mol. The van der Waals surface area contributed by atoms with E-state index in [0.29, 0.717) is 17.1 Å². The highest BCUT2D eigenvalue weighted by Crippen LogP contribution is 2.38. The van der Waals surface area contributed by atoms with Gasteiger partial charge in [0.1, 0.15) is 23.2 Å². The lowest BCUT2D eigenvalue weighted by Crippen LogP contribution is -2.44. The van der Waals surface area contributed by atoms with Crippen LogP contribution >= 0.6 is 22.6 Å². The number of halogens is 1. The molecule has 2 amide bonds. The minimum Gasteiger partial charge on any atom is -0.443 e. The van der Waals surface area contributed by atoms with Crippen molar-refractivity contribution in [2.75, 3.05) is 4.90 Å². The predicted octanol–water partition coefficient (Wildman–Crippen LogP) is 5.44. The fourth-order valence-electron chi connectivity index (χ4n) is 3.00. The van der Waals surface area contributed by atoms with E-state index in [1.54, 1.807) is 41.5 Å². The normalized spacial score (nSPS) is 15.1. The molecule has 0 N–H and O–H groups in total. The molecule has 2 heterocycles. The Hall–Kier alpha value is -1.91. The number of amides is 2. The number of hydrogen-bond donors (Lipinski definition) is 0. The highest BCUT2D eigenvalue weighted by Gasteiger charge is 2.36. The van der Waals surface area contributed by atoms with Gasteiger partial charge in [0.25, 0.3) is 0 Å². The molecule has 2 aromatic rings. The second-order valence-electron chi connectivity index (χ2n) is 9.16. The van der Waals surface area contributed by atoms with Gasteiger partial charge in [-0.15, -0.1) is 0 Å².